The number of piperidine rings is 1. The second-order valence-electron chi connectivity index (χ2n) is 7.18. The smallest absolute Gasteiger partial charge is 0.227 e. The minimum Gasteiger partial charge on any atom is -0.342 e. The monoisotopic (exact) mass is 372 g/mol. The third-order valence-electron chi connectivity index (χ3n) is 5.41. The van der Waals surface area contributed by atoms with E-state index in [1.165, 1.54) is 5.56 Å². The van der Waals surface area contributed by atoms with Crippen LogP contribution in [-0.4, -0.2) is 23.9 Å². The lowest BCUT2D eigenvalue weighted by Crippen LogP contribution is -2.44. The summed E-state index contributed by atoms with van der Waals surface area (Å²) in [6.07, 6.45) is 3.27. The number of rotatable bonds is 5. The van der Waals surface area contributed by atoms with Crippen molar-refractivity contribution in [3.8, 4) is 0 Å². The first-order valence-corrected chi connectivity index (χ1v) is 9.28. The molecule has 0 radical (unpaired) electrons. The van der Waals surface area contributed by atoms with Crippen molar-refractivity contribution in [2.45, 2.75) is 32.2 Å². The van der Waals surface area contributed by atoms with Crippen LogP contribution < -0.4 is 5.73 Å². The maximum atomic E-state index is 12.8. The fourth-order valence-electron chi connectivity index (χ4n) is 3.71. The first kappa shape index (κ1) is 20.5. The van der Waals surface area contributed by atoms with Gasteiger partial charge in [0.15, 0.2) is 0 Å². The van der Waals surface area contributed by atoms with E-state index >= 15 is 0 Å². The molecule has 1 amide bonds. The molecule has 2 N–H and O–H groups in total. The van der Waals surface area contributed by atoms with Gasteiger partial charge in [-0.05, 0) is 36.3 Å². The molecule has 1 fully saturated rings. The quantitative estimate of drug-likeness (QED) is 0.853. The van der Waals surface area contributed by atoms with Crippen LogP contribution in [0.25, 0.3) is 0 Å². The van der Waals surface area contributed by atoms with Crippen LogP contribution in [0.15, 0.2) is 60.7 Å². The van der Waals surface area contributed by atoms with E-state index in [-0.39, 0.29) is 30.3 Å². The van der Waals surface area contributed by atoms with Crippen molar-refractivity contribution in [3.63, 3.8) is 0 Å². The number of carbonyl (C=O) groups excluding carboxylic acids is 1. The largest absolute Gasteiger partial charge is 0.342 e. The molecule has 0 aromatic heterocycles. The lowest BCUT2D eigenvalue weighted by Gasteiger charge is -2.35. The third-order valence-corrected chi connectivity index (χ3v) is 5.41. The molecule has 1 saturated heterocycles. The van der Waals surface area contributed by atoms with Crippen LogP contribution in [0.3, 0.4) is 0 Å². The Hall–Kier alpha value is -1.84. The van der Waals surface area contributed by atoms with Crippen LogP contribution in [0.5, 0.6) is 0 Å². The molecule has 1 heterocycles. The molecule has 3 nitrogen and oxygen atoms in total. The van der Waals surface area contributed by atoms with Crippen LogP contribution in [0.2, 0.25) is 0 Å². The molecule has 4 heteroatoms. The fourth-order valence-corrected chi connectivity index (χ4v) is 3.71. The van der Waals surface area contributed by atoms with Crippen molar-refractivity contribution in [3.05, 3.63) is 71.8 Å². The standard InChI is InChI=1S/C22H28N2O.ClH/c1-17(21(23)20-10-6-3-7-11-20)22(25)24-14-12-19(13-15-24)16-18-8-4-2-5-9-18;/h2-11,17,19,21H,12-16,23H2,1H3;1H. The van der Waals surface area contributed by atoms with Crippen molar-refractivity contribution >= 4 is 18.3 Å². The highest BCUT2D eigenvalue weighted by molar-refractivity contribution is 5.85. The van der Waals surface area contributed by atoms with E-state index in [4.69, 9.17) is 5.73 Å². The van der Waals surface area contributed by atoms with Crippen molar-refractivity contribution in [1.29, 1.82) is 0 Å². The predicted octanol–water partition coefficient (Wildman–Crippen LogP) is 4.23. The zero-order valence-corrected chi connectivity index (χ0v) is 16.2. The molecule has 0 bridgehead atoms. The first-order valence-electron chi connectivity index (χ1n) is 9.28. The van der Waals surface area contributed by atoms with E-state index in [1.807, 2.05) is 42.2 Å². The van der Waals surface area contributed by atoms with E-state index in [9.17, 15) is 4.79 Å². The second kappa shape index (κ2) is 9.75. The topological polar surface area (TPSA) is 46.3 Å². The summed E-state index contributed by atoms with van der Waals surface area (Å²) < 4.78 is 0. The first-order chi connectivity index (χ1) is 12.1. The molecule has 2 aromatic rings. The van der Waals surface area contributed by atoms with Gasteiger partial charge in [-0.25, -0.2) is 0 Å². The molecule has 3 rings (SSSR count). The molecule has 2 atom stereocenters. The second-order valence-corrected chi connectivity index (χ2v) is 7.18. The summed E-state index contributed by atoms with van der Waals surface area (Å²) in [6, 6.07) is 20.3. The minimum atomic E-state index is -0.240. The van der Waals surface area contributed by atoms with Crippen molar-refractivity contribution in [2.24, 2.45) is 17.6 Å². The zero-order valence-electron chi connectivity index (χ0n) is 15.4. The van der Waals surface area contributed by atoms with Gasteiger partial charge in [-0.3, -0.25) is 4.79 Å². The van der Waals surface area contributed by atoms with Crippen LogP contribution in [0, 0.1) is 11.8 Å². The van der Waals surface area contributed by atoms with Gasteiger partial charge in [0.2, 0.25) is 5.91 Å². The molecule has 2 unspecified atom stereocenters. The van der Waals surface area contributed by atoms with Crippen LogP contribution >= 0.6 is 12.4 Å². The molecule has 26 heavy (non-hydrogen) atoms. The maximum Gasteiger partial charge on any atom is 0.227 e. The molecule has 140 valence electrons. The predicted molar refractivity (Wildman–Crippen MR) is 109 cm³/mol. The van der Waals surface area contributed by atoms with Gasteiger partial charge in [0.1, 0.15) is 0 Å². The zero-order chi connectivity index (χ0) is 17.6. The number of benzene rings is 2. The average Bonchev–Trinajstić information content (AvgIpc) is 2.68. The number of hydrogen-bond donors (Lipinski definition) is 1. The average molecular weight is 373 g/mol. The van der Waals surface area contributed by atoms with Gasteiger partial charge in [0.05, 0.1) is 5.92 Å². The summed E-state index contributed by atoms with van der Waals surface area (Å²) >= 11 is 0. The number of likely N-dealkylation sites (tertiary alicyclic amines) is 1. The van der Waals surface area contributed by atoms with Crippen LogP contribution in [0.1, 0.15) is 36.9 Å². The SMILES string of the molecule is CC(C(=O)N1CCC(Cc2ccccc2)CC1)C(N)c1ccccc1.Cl. The Labute approximate surface area is 163 Å². The summed E-state index contributed by atoms with van der Waals surface area (Å²) in [7, 11) is 0. The summed E-state index contributed by atoms with van der Waals surface area (Å²) in [5.74, 6) is 0.673. The molecular formula is C22H29ClN2O. The van der Waals surface area contributed by atoms with Crippen LogP contribution in [0.4, 0.5) is 0 Å². The Balaban J connectivity index is 0.00000243. The van der Waals surface area contributed by atoms with E-state index < -0.39 is 0 Å². The van der Waals surface area contributed by atoms with Gasteiger partial charge in [-0.15, -0.1) is 12.4 Å². The Morgan fingerprint density at radius 1 is 1.04 bits per heavy atom. The van der Waals surface area contributed by atoms with E-state index in [2.05, 4.69) is 30.3 Å². The van der Waals surface area contributed by atoms with E-state index in [1.54, 1.807) is 0 Å². The fraction of sp³-hybridized carbons (Fsp3) is 0.409. The van der Waals surface area contributed by atoms with Crippen molar-refractivity contribution in [1.82, 2.24) is 4.90 Å². The Bertz CT molecular complexity index is 669. The highest BCUT2D eigenvalue weighted by Gasteiger charge is 2.29. The number of hydrogen-bond acceptors (Lipinski definition) is 2. The van der Waals surface area contributed by atoms with Crippen LogP contribution in [-0.2, 0) is 11.2 Å². The molecule has 0 aliphatic carbocycles. The van der Waals surface area contributed by atoms with Crippen molar-refractivity contribution < 1.29 is 4.79 Å². The van der Waals surface area contributed by atoms with Gasteiger partial charge >= 0.3 is 0 Å². The number of nitrogens with zero attached hydrogens (tertiary/aromatic N) is 1. The molecule has 1 aliphatic rings. The Kier molecular flexibility index (Phi) is 7.67. The number of amides is 1. The summed E-state index contributed by atoms with van der Waals surface area (Å²) in [5.41, 5.74) is 8.75. The van der Waals surface area contributed by atoms with E-state index in [0.29, 0.717) is 5.92 Å². The van der Waals surface area contributed by atoms with Gasteiger partial charge in [0, 0.05) is 19.1 Å². The molecule has 0 spiro atoms. The summed E-state index contributed by atoms with van der Waals surface area (Å²) in [5, 5.41) is 0. The third kappa shape index (κ3) is 5.09. The highest BCUT2D eigenvalue weighted by atomic mass is 35.5. The molecule has 0 saturated carbocycles. The van der Waals surface area contributed by atoms with Gasteiger partial charge in [-0.2, -0.15) is 0 Å². The molecular weight excluding hydrogens is 344 g/mol. The highest BCUT2D eigenvalue weighted by Crippen LogP contribution is 2.26. The van der Waals surface area contributed by atoms with E-state index in [0.717, 1.165) is 37.9 Å². The van der Waals surface area contributed by atoms with Gasteiger partial charge < -0.3 is 10.6 Å². The summed E-state index contributed by atoms with van der Waals surface area (Å²) in [6.45, 7) is 3.65. The number of nitrogens with two attached hydrogens (primary N) is 1. The van der Waals surface area contributed by atoms with Gasteiger partial charge in [-0.1, -0.05) is 67.6 Å². The molecule has 2 aromatic carbocycles. The number of halogens is 1. The normalized spacial score (nSPS) is 17.2. The van der Waals surface area contributed by atoms with Gasteiger partial charge in [0.25, 0.3) is 0 Å². The Morgan fingerprint density at radius 2 is 1.58 bits per heavy atom. The number of carbonyl (C=O) groups is 1. The summed E-state index contributed by atoms with van der Waals surface area (Å²) in [4.78, 5) is 14.8. The molecule has 1 aliphatic heterocycles. The maximum absolute atomic E-state index is 12.8. The lowest BCUT2D eigenvalue weighted by molar-refractivity contribution is -0.137. The lowest BCUT2D eigenvalue weighted by atomic mass is 9.88. The van der Waals surface area contributed by atoms with Crippen molar-refractivity contribution in [2.75, 3.05) is 13.1 Å². The minimum absolute atomic E-state index is 0. The Morgan fingerprint density at radius 3 is 2.15 bits per heavy atom.